The van der Waals surface area contributed by atoms with Gasteiger partial charge in [-0.25, -0.2) is 0 Å². The lowest BCUT2D eigenvalue weighted by Crippen LogP contribution is -2.18. The van der Waals surface area contributed by atoms with Gasteiger partial charge in [-0.1, -0.05) is 6.07 Å². The maximum Gasteiger partial charge on any atom is 0.260 e. The lowest BCUT2D eigenvalue weighted by molar-refractivity contribution is 0.100. The second kappa shape index (κ2) is 6.52. The highest BCUT2D eigenvalue weighted by Gasteiger charge is 2.27. The Morgan fingerprint density at radius 1 is 1.21 bits per heavy atom. The maximum atomic E-state index is 12.7. The number of benzene rings is 1. The van der Waals surface area contributed by atoms with Gasteiger partial charge in [0.1, 0.15) is 5.00 Å². The molecule has 0 fully saturated rings. The van der Waals surface area contributed by atoms with Crippen LogP contribution in [0.5, 0.6) is 11.5 Å². The van der Waals surface area contributed by atoms with E-state index in [9.17, 15) is 9.59 Å². The minimum Gasteiger partial charge on any atom is -0.493 e. The molecule has 3 rings (SSSR count). The second-order valence-electron chi connectivity index (χ2n) is 5.42. The maximum absolute atomic E-state index is 12.7. The molecule has 1 heterocycles. The first kappa shape index (κ1) is 16.3. The Hall–Kier alpha value is -2.54. The van der Waals surface area contributed by atoms with Gasteiger partial charge in [0.2, 0.25) is 0 Å². The van der Waals surface area contributed by atoms with E-state index in [0.717, 1.165) is 29.7 Å². The van der Waals surface area contributed by atoms with Crippen LogP contribution >= 0.6 is 11.3 Å². The molecule has 0 saturated carbocycles. The molecule has 1 aromatic heterocycles. The van der Waals surface area contributed by atoms with Crippen molar-refractivity contribution in [1.82, 2.24) is 0 Å². The summed E-state index contributed by atoms with van der Waals surface area (Å²) in [6.45, 7) is 0. The Morgan fingerprint density at radius 3 is 2.67 bits per heavy atom. The van der Waals surface area contributed by atoms with Crippen LogP contribution in [0.3, 0.4) is 0 Å². The molecule has 0 saturated heterocycles. The minimum absolute atomic E-state index is 0.334. The number of para-hydroxylation sites is 1. The van der Waals surface area contributed by atoms with Crippen LogP contribution < -0.4 is 20.5 Å². The number of fused-ring (bicyclic) bond motifs is 1. The zero-order chi connectivity index (χ0) is 17.3. The molecule has 2 aromatic rings. The number of hydrogen-bond donors (Lipinski definition) is 2. The number of nitrogens with one attached hydrogen (secondary N) is 1. The Balaban J connectivity index is 1.96. The van der Waals surface area contributed by atoms with Crippen molar-refractivity contribution in [3.63, 3.8) is 0 Å². The summed E-state index contributed by atoms with van der Waals surface area (Å²) >= 11 is 1.42. The second-order valence-corrected chi connectivity index (χ2v) is 6.53. The highest BCUT2D eigenvalue weighted by molar-refractivity contribution is 7.17. The van der Waals surface area contributed by atoms with Gasteiger partial charge < -0.3 is 20.5 Å². The third-order valence-corrected chi connectivity index (χ3v) is 5.25. The third kappa shape index (κ3) is 2.71. The van der Waals surface area contributed by atoms with E-state index < -0.39 is 5.91 Å². The minimum atomic E-state index is -0.512. The summed E-state index contributed by atoms with van der Waals surface area (Å²) in [7, 11) is 2.98. The van der Waals surface area contributed by atoms with E-state index in [-0.39, 0.29) is 5.91 Å². The molecule has 7 heteroatoms. The smallest absolute Gasteiger partial charge is 0.260 e. The fourth-order valence-electron chi connectivity index (χ4n) is 2.99. The van der Waals surface area contributed by atoms with Crippen molar-refractivity contribution in [2.45, 2.75) is 19.3 Å². The van der Waals surface area contributed by atoms with Crippen LogP contribution in [0.2, 0.25) is 0 Å². The van der Waals surface area contributed by atoms with Gasteiger partial charge >= 0.3 is 0 Å². The average Bonchev–Trinajstić information content (AvgIpc) is 3.13. The van der Waals surface area contributed by atoms with Crippen LogP contribution in [-0.2, 0) is 12.8 Å². The van der Waals surface area contributed by atoms with Crippen LogP contribution in [0.1, 0.15) is 37.6 Å². The number of nitrogens with two attached hydrogens (primary N) is 1. The first-order valence-corrected chi connectivity index (χ1v) is 8.35. The van der Waals surface area contributed by atoms with Crippen LogP contribution in [0.4, 0.5) is 5.00 Å². The molecule has 2 amide bonds. The standard InChI is InChI=1S/C17H18N2O4S/c1-22-11-7-3-6-10(14(11)23-2)16(21)19-17-13(15(18)20)9-5-4-8-12(9)24-17/h3,6-7H,4-5,8H2,1-2H3,(H2,18,20)(H,19,21). The number of anilines is 1. The zero-order valence-corrected chi connectivity index (χ0v) is 14.3. The fraction of sp³-hybridized carbons (Fsp3) is 0.294. The Labute approximate surface area is 143 Å². The average molecular weight is 346 g/mol. The van der Waals surface area contributed by atoms with Crippen molar-refractivity contribution < 1.29 is 19.1 Å². The van der Waals surface area contributed by atoms with Gasteiger partial charge in [-0.15, -0.1) is 11.3 Å². The summed E-state index contributed by atoms with van der Waals surface area (Å²) in [4.78, 5) is 25.6. The largest absolute Gasteiger partial charge is 0.493 e. The first-order valence-electron chi connectivity index (χ1n) is 7.53. The molecule has 1 aromatic carbocycles. The van der Waals surface area contributed by atoms with Gasteiger partial charge in [-0.2, -0.15) is 0 Å². The molecule has 126 valence electrons. The highest BCUT2D eigenvalue weighted by Crippen LogP contribution is 2.39. The molecule has 0 spiro atoms. The number of thiophene rings is 1. The van der Waals surface area contributed by atoms with Gasteiger partial charge in [0.15, 0.2) is 11.5 Å². The Bertz CT molecular complexity index is 813. The quantitative estimate of drug-likeness (QED) is 0.871. The molecular weight excluding hydrogens is 328 g/mol. The van der Waals surface area contributed by atoms with Crippen molar-refractivity contribution in [3.8, 4) is 11.5 Å². The summed E-state index contributed by atoms with van der Waals surface area (Å²) in [5.41, 5.74) is 7.26. The molecule has 0 bridgehead atoms. The monoisotopic (exact) mass is 346 g/mol. The van der Waals surface area contributed by atoms with E-state index in [0.29, 0.717) is 27.6 Å². The number of methoxy groups -OCH3 is 2. The molecular formula is C17H18N2O4S. The number of primary amides is 1. The number of carbonyl (C=O) groups is 2. The number of ether oxygens (including phenoxy) is 2. The summed E-state index contributed by atoms with van der Waals surface area (Å²) in [6.07, 6.45) is 2.75. The number of hydrogen-bond acceptors (Lipinski definition) is 5. The van der Waals surface area contributed by atoms with Gasteiger partial charge in [-0.05, 0) is 37.0 Å². The summed E-state index contributed by atoms with van der Waals surface area (Å²) < 4.78 is 10.5. The molecule has 0 atom stereocenters. The van der Waals surface area contributed by atoms with E-state index in [2.05, 4.69) is 5.32 Å². The van der Waals surface area contributed by atoms with Crippen LogP contribution in [0, 0.1) is 0 Å². The molecule has 1 aliphatic rings. The number of rotatable bonds is 5. The lowest BCUT2D eigenvalue weighted by Gasteiger charge is -2.12. The van der Waals surface area contributed by atoms with Crippen molar-refractivity contribution in [3.05, 3.63) is 39.8 Å². The molecule has 0 radical (unpaired) electrons. The summed E-state index contributed by atoms with van der Waals surface area (Å²) in [6, 6.07) is 5.06. The molecule has 3 N–H and O–H groups in total. The van der Waals surface area contributed by atoms with Crippen molar-refractivity contribution in [1.29, 1.82) is 0 Å². The van der Waals surface area contributed by atoms with E-state index in [1.54, 1.807) is 18.2 Å². The molecule has 0 unspecified atom stereocenters. The van der Waals surface area contributed by atoms with E-state index in [1.165, 1.54) is 25.6 Å². The van der Waals surface area contributed by atoms with Crippen molar-refractivity contribution in [2.75, 3.05) is 19.5 Å². The topological polar surface area (TPSA) is 90.6 Å². The Morgan fingerprint density at radius 2 is 2.00 bits per heavy atom. The van der Waals surface area contributed by atoms with Crippen LogP contribution in [0.25, 0.3) is 0 Å². The Kier molecular flexibility index (Phi) is 4.44. The number of amides is 2. The molecule has 24 heavy (non-hydrogen) atoms. The third-order valence-electron chi connectivity index (χ3n) is 4.04. The van der Waals surface area contributed by atoms with Crippen LogP contribution in [0.15, 0.2) is 18.2 Å². The van der Waals surface area contributed by atoms with E-state index in [1.807, 2.05) is 0 Å². The highest BCUT2D eigenvalue weighted by atomic mass is 32.1. The van der Waals surface area contributed by atoms with Gasteiger partial charge in [0.25, 0.3) is 11.8 Å². The lowest BCUT2D eigenvalue weighted by atomic mass is 10.1. The normalized spacial score (nSPS) is 12.6. The number of aryl methyl sites for hydroxylation is 1. The van der Waals surface area contributed by atoms with E-state index in [4.69, 9.17) is 15.2 Å². The fourth-order valence-corrected chi connectivity index (χ4v) is 4.28. The van der Waals surface area contributed by atoms with Crippen molar-refractivity contribution >= 4 is 28.2 Å². The molecule has 0 aliphatic heterocycles. The van der Waals surface area contributed by atoms with Crippen molar-refractivity contribution in [2.24, 2.45) is 5.73 Å². The van der Waals surface area contributed by atoms with Crippen LogP contribution in [-0.4, -0.2) is 26.0 Å². The number of carbonyl (C=O) groups excluding carboxylic acids is 2. The SMILES string of the molecule is COc1cccc(C(=O)Nc2sc3c(c2C(N)=O)CCC3)c1OC. The summed E-state index contributed by atoms with van der Waals surface area (Å²) in [5.74, 6) is -0.0633. The van der Waals surface area contributed by atoms with Gasteiger partial charge in [0.05, 0.1) is 25.3 Å². The molecule has 6 nitrogen and oxygen atoms in total. The van der Waals surface area contributed by atoms with E-state index >= 15 is 0 Å². The first-order chi connectivity index (χ1) is 11.6. The van der Waals surface area contributed by atoms with Gasteiger partial charge in [0, 0.05) is 4.88 Å². The summed E-state index contributed by atoms with van der Waals surface area (Å²) in [5, 5.41) is 3.31. The zero-order valence-electron chi connectivity index (χ0n) is 13.5. The molecule has 1 aliphatic carbocycles. The predicted octanol–water partition coefficient (Wildman–Crippen LogP) is 2.61. The van der Waals surface area contributed by atoms with Gasteiger partial charge in [-0.3, -0.25) is 9.59 Å². The predicted molar refractivity (Wildman–Crippen MR) is 92.4 cm³/mol.